The molecule has 0 bridgehead atoms. The number of carbonyl (C=O) groups is 1. The summed E-state index contributed by atoms with van der Waals surface area (Å²) < 4.78 is 5.28. The predicted octanol–water partition coefficient (Wildman–Crippen LogP) is 3.61. The summed E-state index contributed by atoms with van der Waals surface area (Å²) in [5, 5.41) is 0. The van der Waals surface area contributed by atoms with Gasteiger partial charge in [0.25, 0.3) is 5.91 Å². The summed E-state index contributed by atoms with van der Waals surface area (Å²) in [6, 6.07) is 14.3. The molecule has 1 aliphatic carbocycles. The van der Waals surface area contributed by atoms with E-state index in [1.54, 1.807) is 25.3 Å². The molecule has 1 fully saturated rings. The molecule has 4 rings (SSSR count). The second-order valence-electron chi connectivity index (χ2n) is 7.01. The van der Waals surface area contributed by atoms with Crippen LogP contribution in [0.1, 0.15) is 46.7 Å². The van der Waals surface area contributed by atoms with Gasteiger partial charge in [-0.1, -0.05) is 24.3 Å². The molecule has 2 aromatic carbocycles. The van der Waals surface area contributed by atoms with Crippen LogP contribution in [0.3, 0.4) is 0 Å². The number of nitrogens with zero attached hydrogens (tertiary/aromatic N) is 1. The quantitative estimate of drug-likeness (QED) is 0.852. The van der Waals surface area contributed by atoms with E-state index < -0.39 is 0 Å². The highest BCUT2D eigenvalue weighted by Gasteiger charge is 2.38. The smallest absolute Gasteiger partial charge is 0.254 e. The zero-order valence-electron chi connectivity index (χ0n) is 14.6. The second-order valence-corrected chi connectivity index (χ2v) is 7.01. The molecule has 1 heterocycles. The van der Waals surface area contributed by atoms with E-state index in [4.69, 9.17) is 10.5 Å². The van der Waals surface area contributed by atoms with E-state index in [1.807, 2.05) is 0 Å². The molecule has 0 unspecified atom stereocenters. The first-order valence-electron chi connectivity index (χ1n) is 9.01. The fourth-order valence-electron chi connectivity index (χ4n) is 4.47. The van der Waals surface area contributed by atoms with Crippen molar-refractivity contribution in [3.8, 4) is 5.75 Å². The first-order chi connectivity index (χ1) is 12.2. The maximum atomic E-state index is 13.2. The van der Waals surface area contributed by atoms with Gasteiger partial charge in [0.2, 0.25) is 0 Å². The topological polar surface area (TPSA) is 55.6 Å². The van der Waals surface area contributed by atoms with Crippen molar-refractivity contribution < 1.29 is 9.53 Å². The molecule has 130 valence electrons. The molecule has 4 heteroatoms. The van der Waals surface area contributed by atoms with Crippen LogP contribution in [0.25, 0.3) is 0 Å². The molecule has 1 aliphatic heterocycles. The van der Waals surface area contributed by atoms with Crippen molar-refractivity contribution >= 4 is 11.6 Å². The molecule has 2 aliphatic rings. The highest BCUT2D eigenvalue weighted by molar-refractivity contribution is 5.95. The predicted molar refractivity (Wildman–Crippen MR) is 99.0 cm³/mol. The van der Waals surface area contributed by atoms with Crippen LogP contribution < -0.4 is 10.5 Å². The number of piperidine rings is 1. The number of hydrogen-bond acceptors (Lipinski definition) is 3. The zero-order chi connectivity index (χ0) is 17.4. The maximum absolute atomic E-state index is 13.2. The molecule has 2 aromatic rings. The van der Waals surface area contributed by atoms with Crippen molar-refractivity contribution in [2.45, 2.75) is 37.6 Å². The van der Waals surface area contributed by atoms with E-state index >= 15 is 0 Å². The zero-order valence-corrected chi connectivity index (χ0v) is 14.6. The number of ether oxygens (including phenoxy) is 1. The summed E-state index contributed by atoms with van der Waals surface area (Å²) in [5.41, 5.74) is 9.99. The Kier molecular flexibility index (Phi) is 4.12. The van der Waals surface area contributed by atoms with E-state index in [2.05, 4.69) is 29.2 Å². The van der Waals surface area contributed by atoms with Gasteiger partial charge in [-0.2, -0.15) is 0 Å². The number of carbonyl (C=O) groups excluding carboxylic acids is 1. The lowest BCUT2D eigenvalue weighted by Crippen LogP contribution is -2.49. The molecule has 1 saturated heterocycles. The summed E-state index contributed by atoms with van der Waals surface area (Å²) in [7, 11) is 1.58. The Labute approximate surface area is 148 Å². The van der Waals surface area contributed by atoms with Gasteiger partial charge in [0.15, 0.2) is 0 Å². The molecular formula is C21H24N2O2. The highest BCUT2D eigenvalue weighted by atomic mass is 16.5. The van der Waals surface area contributed by atoms with Gasteiger partial charge < -0.3 is 15.4 Å². The van der Waals surface area contributed by atoms with Gasteiger partial charge in [0, 0.05) is 24.1 Å². The molecular weight excluding hydrogens is 312 g/mol. The summed E-state index contributed by atoms with van der Waals surface area (Å²) in [6.07, 6.45) is 4.30. The van der Waals surface area contributed by atoms with Crippen LogP contribution in [0.15, 0.2) is 42.5 Å². The van der Waals surface area contributed by atoms with Crippen LogP contribution in [-0.2, 0) is 6.42 Å². The van der Waals surface area contributed by atoms with Crippen LogP contribution >= 0.6 is 0 Å². The largest absolute Gasteiger partial charge is 0.495 e. The third-order valence-corrected chi connectivity index (χ3v) is 5.68. The van der Waals surface area contributed by atoms with Crippen molar-refractivity contribution in [3.05, 3.63) is 59.2 Å². The fraction of sp³-hybridized carbons (Fsp3) is 0.381. The molecule has 2 atom stereocenters. The molecule has 0 spiro atoms. The minimum atomic E-state index is 0.0902. The first kappa shape index (κ1) is 16.0. The molecule has 0 radical (unpaired) electrons. The lowest BCUT2D eigenvalue weighted by Gasteiger charge is -2.45. The summed E-state index contributed by atoms with van der Waals surface area (Å²) in [6.45, 7) is 0.828. The van der Waals surface area contributed by atoms with Gasteiger partial charge in [-0.15, -0.1) is 0 Å². The number of anilines is 1. The van der Waals surface area contributed by atoms with Crippen molar-refractivity contribution in [1.29, 1.82) is 0 Å². The molecule has 0 aromatic heterocycles. The maximum Gasteiger partial charge on any atom is 0.254 e. The average Bonchev–Trinajstić information content (AvgIpc) is 2.67. The fourth-order valence-corrected chi connectivity index (χ4v) is 4.47. The van der Waals surface area contributed by atoms with Crippen molar-refractivity contribution in [3.63, 3.8) is 0 Å². The number of nitrogens with two attached hydrogens (primary N) is 1. The van der Waals surface area contributed by atoms with Gasteiger partial charge in [-0.25, -0.2) is 0 Å². The molecule has 25 heavy (non-hydrogen) atoms. The van der Waals surface area contributed by atoms with Crippen molar-refractivity contribution in [2.24, 2.45) is 0 Å². The summed E-state index contributed by atoms with van der Waals surface area (Å²) in [5.74, 6) is 1.11. The van der Waals surface area contributed by atoms with E-state index in [-0.39, 0.29) is 5.91 Å². The Hall–Kier alpha value is -2.49. The highest BCUT2D eigenvalue weighted by Crippen LogP contribution is 2.41. The van der Waals surface area contributed by atoms with E-state index in [0.29, 0.717) is 29.0 Å². The van der Waals surface area contributed by atoms with Crippen LogP contribution in [0.2, 0.25) is 0 Å². The van der Waals surface area contributed by atoms with Crippen LogP contribution in [0.4, 0.5) is 5.69 Å². The van der Waals surface area contributed by atoms with Crippen LogP contribution in [0, 0.1) is 0 Å². The average molecular weight is 336 g/mol. The Morgan fingerprint density at radius 1 is 1.20 bits per heavy atom. The number of amides is 1. The van der Waals surface area contributed by atoms with Gasteiger partial charge in [0.1, 0.15) is 5.75 Å². The van der Waals surface area contributed by atoms with Gasteiger partial charge in [0.05, 0.1) is 12.8 Å². The third kappa shape index (κ3) is 2.76. The Morgan fingerprint density at radius 3 is 2.88 bits per heavy atom. The normalized spacial score (nSPS) is 22.0. The minimum Gasteiger partial charge on any atom is -0.495 e. The van der Waals surface area contributed by atoms with E-state index in [0.717, 1.165) is 32.2 Å². The van der Waals surface area contributed by atoms with Gasteiger partial charge in [-0.3, -0.25) is 4.79 Å². The number of fused-ring (bicyclic) bond motifs is 3. The lowest BCUT2D eigenvalue weighted by atomic mass is 9.74. The second kappa shape index (κ2) is 6.43. The SMILES string of the molecule is COc1cc(C(=O)N2CCC[C@H]3c4ccccc4CC[C@H]32)ccc1N. The number of benzene rings is 2. The van der Waals surface area contributed by atoms with Crippen LogP contribution in [0.5, 0.6) is 5.75 Å². The summed E-state index contributed by atoms with van der Waals surface area (Å²) >= 11 is 0. The number of likely N-dealkylation sites (tertiary alicyclic amines) is 1. The van der Waals surface area contributed by atoms with Gasteiger partial charge >= 0.3 is 0 Å². The number of nitrogen functional groups attached to an aromatic ring is 1. The molecule has 0 saturated carbocycles. The Morgan fingerprint density at radius 2 is 2.04 bits per heavy atom. The molecule has 2 N–H and O–H groups in total. The number of methoxy groups -OCH3 is 1. The lowest BCUT2D eigenvalue weighted by molar-refractivity contribution is 0.0546. The standard InChI is InChI=1S/C21H24N2O2/c1-25-20-13-15(8-10-18(20)22)21(24)23-12-4-7-17-16-6-3-2-5-14(16)9-11-19(17)23/h2-3,5-6,8,10,13,17,19H,4,7,9,11-12,22H2,1H3/t17-,19+/m0/s1. The van der Waals surface area contributed by atoms with Crippen molar-refractivity contribution in [2.75, 3.05) is 19.4 Å². The van der Waals surface area contributed by atoms with Crippen LogP contribution in [-0.4, -0.2) is 30.5 Å². The molecule has 1 amide bonds. The summed E-state index contributed by atoms with van der Waals surface area (Å²) in [4.78, 5) is 15.3. The Balaban J connectivity index is 1.64. The van der Waals surface area contributed by atoms with E-state index in [1.165, 1.54) is 11.1 Å². The number of rotatable bonds is 2. The van der Waals surface area contributed by atoms with Crippen molar-refractivity contribution in [1.82, 2.24) is 4.90 Å². The number of hydrogen-bond donors (Lipinski definition) is 1. The Bertz CT molecular complexity index is 802. The van der Waals surface area contributed by atoms with Gasteiger partial charge in [-0.05, 0) is 55.0 Å². The molecule has 4 nitrogen and oxygen atoms in total. The monoisotopic (exact) mass is 336 g/mol. The third-order valence-electron chi connectivity index (χ3n) is 5.68. The minimum absolute atomic E-state index is 0.0902. The first-order valence-corrected chi connectivity index (χ1v) is 9.01. The van der Waals surface area contributed by atoms with E-state index in [9.17, 15) is 4.79 Å². The number of aryl methyl sites for hydroxylation is 1.